The highest BCUT2D eigenvalue weighted by molar-refractivity contribution is 9.10. The van der Waals surface area contributed by atoms with Crippen LogP contribution >= 0.6 is 15.9 Å². The van der Waals surface area contributed by atoms with E-state index < -0.39 is 0 Å². The molecule has 1 heterocycles. The monoisotopic (exact) mass is 350 g/mol. The molecule has 0 aliphatic carbocycles. The quantitative estimate of drug-likeness (QED) is 0.786. The fourth-order valence-electron chi connectivity index (χ4n) is 2.65. The number of amides is 2. The molecule has 1 aromatic rings. The lowest BCUT2D eigenvalue weighted by Crippen LogP contribution is -2.44. The maximum absolute atomic E-state index is 12.4. The minimum Gasteiger partial charge on any atom is -0.334 e. The van der Waals surface area contributed by atoms with Gasteiger partial charge >= 0.3 is 0 Å². The topological polar surface area (TPSA) is 40.6 Å². The normalized spacial score (nSPS) is 17.1. The lowest BCUT2D eigenvalue weighted by Gasteiger charge is -2.36. The predicted molar refractivity (Wildman–Crippen MR) is 85.8 cm³/mol. The molecule has 21 heavy (non-hydrogen) atoms. The van der Waals surface area contributed by atoms with Crippen LogP contribution in [0.5, 0.6) is 0 Å². The minimum absolute atomic E-state index is 0.0194. The van der Waals surface area contributed by atoms with Gasteiger partial charge in [-0.3, -0.25) is 9.59 Å². The molecule has 1 aliphatic rings. The van der Waals surface area contributed by atoms with Crippen molar-refractivity contribution in [2.24, 2.45) is 0 Å². The molecule has 0 saturated heterocycles. The Morgan fingerprint density at radius 1 is 1.52 bits per heavy atom. The summed E-state index contributed by atoms with van der Waals surface area (Å²) in [7, 11) is 1.61. The van der Waals surface area contributed by atoms with E-state index in [2.05, 4.69) is 34.6 Å². The van der Waals surface area contributed by atoms with Gasteiger partial charge < -0.3 is 9.80 Å². The average molecular weight is 351 g/mol. The van der Waals surface area contributed by atoms with Crippen LogP contribution < -0.4 is 0 Å². The minimum atomic E-state index is -0.240. The number of fused-ring (bicyclic) bond motifs is 1. The molecule has 0 bridgehead atoms. The molecular formula is C16H19BrN2O2. The summed E-state index contributed by atoms with van der Waals surface area (Å²) in [5, 5.41) is 0. The van der Waals surface area contributed by atoms with Gasteiger partial charge in [0.15, 0.2) is 0 Å². The molecule has 0 N–H and O–H groups in total. The van der Waals surface area contributed by atoms with Crippen LogP contribution in [0.1, 0.15) is 24.1 Å². The molecule has 0 spiro atoms. The molecular weight excluding hydrogens is 332 g/mol. The lowest BCUT2D eigenvalue weighted by molar-refractivity contribution is -0.139. The number of nitrogens with zero attached hydrogens (tertiary/aromatic N) is 2. The maximum atomic E-state index is 12.4. The van der Waals surface area contributed by atoms with Crippen LogP contribution in [0.4, 0.5) is 0 Å². The Hall–Kier alpha value is -1.62. The highest BCUT2D eigenvalue weighted by Crippen LogP contribution is 2.31. The molecule has 112 valence electrons. The number of carbonyl (C=O) groups is 2. The predicted octanol–water partition coefficient (Wildman–Crippen LogP) is 2.54. The van der Waals surface area contributed by atoms with Gasteiger partial charge in [0.2, 0.25) is 11.8 Å². The van der Waals surface area contributed by atoms with E-state index in [1.54, 1.807) is 7.05 Å². The van der Waals surface area contributed by atoms with Gasteiger partial charge in [0, 0.05) is 18.1 Å². The zero-order chi connectivity index (χ0) is 15.6. The summed E-state index contributed by atoms with van der Waals surface area (Å²) >= 11 is 3.48. The summed E-state index contributed by atoms with van der Waals surface area (Å²) < 4.78 is 1.02. The van der Waals surface area contributed by atoms with Gasteiger partial charge in [-0.25, -0.2) is 0 Å². The molecule has 0 fully saturated rings. The number of hydrogen-bond acceptors (Lipinski definition) is 2. The molecule has 1 unspecified atom stereocenters. The third-order valence-corrected chi connectivity index (χ3v) is 4.38. The van der Waals surface area contributed by atoms with Crippen molar-refractivity contribution in [2.75, 3.05) is 20.1 Å². The van der Waals surface area contributed by atoms with Crippen molar-refractivity contribution in [1.82, 2.24) is 9.80 Å². The Morgan fingerprint density at radius 2 is 2.24 bits per heavy atom. The summed E-state index contributed by atoms with van der Waals surface area (Å²) in [5.74, 6) is -0.276. The first-order valence-corrected chi connectivity index (χ1v) is 7.68. The molecule has 0 saturated carbocycles. The van der Waals surface area contributed by atoms with Gasteiger partial charge in [-0.15, -0.1) is 0 Å². The standard InChI is InChI=1S/C16H19BrN2O2/c1-4-15(20)18(3)10-16(21)19-8-7-12-5-6-13(17)9-14(12)11(19)2/h4-6,9,11H,1,7-8,10H2,2-3H3. The van der Waals surface area contributed by atoms with E-state index in [1.807, 2.05) is 17.9 Å². The SMILES string of the molecule is C=CC(=O)N(C)CC(=O)N1CCc2ccc(Br)cc2C1C. The van der Waals surface area contributed by atoms with Gasteiger partial charge in [0.1, 0.15) is 0 Å². The van der Waals surface area contributed by atoms with Crippen LogP contribution in [-0.2, 0) is 16.0 Å². The van der Waals surface area contributed by atoms with Crippen molar-refractivity contribution in [3.8, 4) is 0 Å². The summed E-state index contributed by atoms with van der Waals surface area (Å²) in [4.78, 5) is 27.1. The number of benzene rings is 1. The van der Waals surface area contributed by atoms with Gasteiger partial charge in [-0.05, 0) is 42.7 Å². The van der Waals surface area contributed by atoms with E-state index >= 15 is 0 Å². The van der Waals surface area contributed by atoms with Gasteiger partial charge in [0.25, 0.3) is 0 Å². The van der Waals surface area contributed by atoms with Crippen LogP contribution in [0.25, 0.3) is 0 Å². The van der Waals surface area contributed by atoms with Crippen LogP contribution in [0.3, 0.4) is 0 Å². The first kappa shape index (κ1) is 15.8. The van der Waals surface area contributed by atoms with Crippen molar-refractivity contribution >= 4 is 27.7 Å². The Kier molecular flexibility index (Phi) is 4.83. The number of rotatable bonds is 3. The van der Waals surface area contributed by atoms with Crippen LogP contribution in [0, 0.1) is 0 Å². The van der Waals surface area contributed by atoms with E-state index in [0.717, 1.165) is 10.9 Å². The fourth-order valence-corrected chi connectivity index (χ4v) is 3.03. The maximum Gasteiger partial charge on any atom is 0.246 e. The molecule has 4 nitrogen and oxygen atoms in total. The van der Waals surface area contributed by atoms with Crippen molar-refractivity contribution in [1.29, 1.82) is 0 Å². The molecule has 2 rings (SSSR count). The average Bonchev–Trinajstić information content (AvgIpc) is 2.47. The van der Waals surface area contributed by atoms with Crippen LogP contribution in [-0.4, -0.2) is 41.8 Å². The summed E-state index contributed by atoms with van der Waals surface area (Å²) in [6, 6.07) is 6.22. The van der Waals surface area contributed by atoms with Crippen LogP contribution in [0.2, 0.25) is 0 Å². The van der Waals surface area contributed by atoms with Crippen molar-refractivity contribution in [3.05, 3.63) is 46.5 Å². The Morgan fingerprint density at radius 3 is 2.90 bits per heavy atom. The van der Waals surface area contributed by atoms with Gasteiger partial charge in [0.05, 0.1) is 12.6 Å². The highest BCUT2D eigenvalue weighted by atomic mass is 79.9. The van der Waals surface area contributed by atoms with E-state index in [0.29, 0.717) is 6.54 Å². The Balaban J connectivity index is 2.13. The van der Waals surface area contributed by atoms with Gasteiger partial charge in [-0.1, -0.05) is 28.6 Å². The lowest BCUT2D eigenvalue weighted by atomic mass is 9.93. The molecule has 0 radical (unpaired) electrons. The van der Waals surface area contributed by atoms with E-state index in [-0.39, 0.29) is 24.4 Å². The van der Waals surface area contributed by atoms with Crippen molar-refractivity contribution in [3.63, 3.8) is 0 Å². The number of halogens is 1. The molecule has 1 aromatic carbocycles. The highest BCUT2D eigenvalue weighted by Gasteiger charge is 2.28. The largest absolute Gasteiger partial charge is 0.334 e. The second kappa shape index (κ2) is 6.43. The molecule has 1 atom stereocenters. The Bertz CT molecular complexity index is 586. The fraction of sp³-hybridized carbons (Fsp3) is 0.375. The summed E-state index contributed by atoms with van der Waals surface area (Å²) in [6.07, 6.45) is 2.07. The molecule has 0 aromatic heterocycles. The zero-order valence-electron chi connectivity index (χ0n) is 12.3. The smallest absolute Gasteiger partial charge is 0.246 e. The molecule has 5 heteroatoms. The number of carbonyl (C=O) groups excluding carboxylic acids is 2. The Labute approximate surface area is 133 Å². The number of likely N-dealkylation sites (N-methyl/N-ethyl adjacent to an activating group) is 1. The van der Waals surface area contributed by atoms with E-state index in [4.69, 9.17) is 0 Å². The first-order valence-electron chi connectivity index (χ1n) is 6.89. The van der Waals surface area contributed by atoms with Crippen molar-refractivity contribution in [2.45, 2.75) is 19.4 Å². The van der Waals surface area contributed by atoms with E-state index in [9.17, 15) is 9.59 Å². The molecule has 1 aliphatic heterocycles. The summed E-state index contributed by atoms with van der Waals surface area (Å²) in [6.45, 7) is 6.23. The first-order chi connectivity index (χ1) is 9.93. The zero-order valence-corrected chi connectivity index (χ0v) is 13.9. The molecule has 2 amide bonds. The number of hydrogen-bond donors (Lipinski definition) is 0. The van der Waals surface area contributed by atoms with Crippen LogP contribution in [0.15, 0.2) is 35.3 Å². The second-order valence-electron chi connectivity index (χ2n) is 5.25. The third kappa shape index (κ3) is 3.35. The second-order valence-corrected chi connectivity index (χ2v) is 6.17. The van der Waals surface area contributed by atoms with Gasteiger partial charge in [-0.2, -0.15) is 0 Å². The summed E-state index contributed by atoms with van der Waals surface area (Å²) in [5.41, 5.74) is 2.45. The van der Waals surface area contributed by atoms with E-state index in [1.165, 1.54) is 22.1 Å². The van der Waals surface area contributed by atoms with Crippen molar-refractivity contribution < 1.29 is 9.59 Å². The third-order valence-electron chi connectivity index (χ3n) is 3.89.